The zero-order chi connectivity index (χ0) is 13.8. The molecular weight excluding hydrogens is 236 g/mol. The second-order valence-electron chi connectivity index (χ2n) is 4.88. The molecule has 1 unspecified atom stereocenters. The minimum atomic E-state index is -0.766. The molecule has 0 bridgehead atoms. The number of hydrogen-bond donors (Lipinski definition) is 1. The molecule has 2 aromatic carbocycles. The van der Waals surface area contributed by atoms with Gasteiger partial charge in [0.1, 0.15) is 0 Å². The molecule has 0 radical (unpaired) electrons. The van der Waals surface area contributed by atoms with Crippen LogP contribution in [0.4, 0.5) is 0 Å². The summed E-state index contributed by atoms with van der Waals surface area (Å²) in [6, 6.07) is 15.7. The Morgan fingerprint density at radius 2 is 1.58 bits per heavy atom. The third-order valence-electron chi connectivity index (χ3n) is 3.55. The minimum Gasteiger partial charge on any atom is -0.481 e. The molecule has 0 aliphatic heterocycles. The van der Waals surface area contributed by atoms with Crippen molar-refractivity contribution in [2.24, 2.45) is 0 Å². The molecule has 0 saturated heterocycles. The van der Waals surface area contributed by atoms with Crippen LogP contribution in [0.1, 0.15) is 28.2 Å². The van der Waals surface area contributed by atoms with Gasteiger partial charge in [0.2, 0.25) is 0 Å². The Hall–Kier alpha value is -2.09. The number of rotatable bonds is 4. The SMILES string of the molecule is Cc1ccccc1CC(C(=O)O)c1ccccc1C. The number of carboxylic acids is 1. The summed E-state index contributed by atoms with van der Waals surface area (Å²) in [5.41, 5.74) is 4.17. The predicted octanol–water partition coefficient (Wildman–Crippen LogP) is 3.71. The average Bonchev–Trinajstić information content (AvgIpc) is 2.38. The van der Waals surface area contributed by atoms with Crippen LogP contribution in [0.5, 0.6) is 0 Å². The van der Waals surface area contributed by atoms with Crippen LogP contribution in [0.25, 0.3) is 0 Å². The van der Waals surface area contributed by atoms with Gasteiger partial charge >= 0.3 is 5.97 Å². The van der Waals surface area contributed by atoms with Crippen molar-refractivity contribution in [3.63, 3.8) is 0 Å². The van der Waals surface area contributed by atoms with E-state index in [2.05, 4.69) is 0 Å². The fourth-order valence-electron chi connectivity index (χ4n) is 2.37. The van der Waals surface area contributed by atoms with E-state index in [0.29, 0.717) is 6.42 Å². The van der Waals surface area contributed by atoms with Crippen LogP contribution in [0, 0.1) is 13.8 Å². The molecular formula is C17H18O2. The quantitative estimate of drug-likeness (QED) is 0.903. The summed E-state index contributed by atoms with van der Waals surface area (Å²) >= 11 is 0. The molecule has 2 heteroatoms. The van der Waals surface area contributed by atoms with Crippen LogP contribution >= 0.6 is 0 Å². The lowest BCUT2D eigenvalue weighted by Crippen LogP contribution is -2.16. The Bertz CT molecular complexity index is 587. The Balaban J connectivity index is 2.35. The Morgan fingerprint density at radius 3 is 2.16 bits per heavy atom. The summed E-state index contributed by atoms with van der Waals surface area (Å²) < 4.78 is 0. The zero-order valence-electron chi connectivity index (χ0n) is 11.3. The standard InChI is InChI=1S/C17H18O2/c1-12-7-3-5-9-14(12)11-16(17(18)19)15-10-6-4-8-13(15)2/h3-10,16H,11H2,1-2H3,(H,18,19). The number of carboxylic acid groups (broad SMARTS) is 1. The molecule has 2 nitrogen and oxygen atoms in total. The van der Waals surface area contributed by atoms with E-state index < -0.39 is 11.9 Å². The van der Waals surface area contributed by atoms with Crippen molar-refractivity contribution in [3.8, 4) is 0 Å². The Labute approximate surface area is 113 Å². The van der Waals surface area contributed by atoms with Gasteiger partial charge in [0, 0.05) is 0 Å². The van der Waals surface area contributed by atoms with Crippen molar-refractivity contribution in [2.75, 3.05) is 0 Å². The maximum absolute atomic E-state index is 11.6. The summed E-state index contributed by atoms with van der Waals surface area (Å²) in [6.45, 7) is 3.98. The van der Waals surface area contributed by atoms with E-state index in [1.807, 2.05) is 62.4 Å². The van der Waals surface area contributed by atoms with E-state index in [-0.39, 0.29) is 0 Å². The molecule has 0 saturated carbocycles. The zero-order valence-corrected chi connectivity index (χ0v) is 11.3. The molecule has 0 aliphatic rings. The van der Waals surface area contributed by atoms with Gasteiger partial charge in [-0.1, -0.05) is 48.5 Å². The lowest BCUT2D eigenvalue weighted by molar-refractivity contribution is -0.138. The predicted molar refractivity (Wildman–Crippen MR) is 76.4 cm³/mol. The lowest BCUT2D eigenvalue weighted by Gasteiger charge is -2.16. The molecule has 2 rings (SSSR count). The summed E-state index contributed by atoms with van der Waals surface area (Å²) in [5, 5.41) is 9.50. The van der Waals surface area contributed by atoms with Crippen molar-refractivity contribution in [1.82, 2.24) is 0 Å². The molecule has 19 heavy (non-hydrogen) atoms. The molecule has 1 N–H and O–H groups in total. The first-order valence-corrected chi connectivity index (χ1v) is 6.42. The van der Waals surface area contributed by atoms with Gasteiger partial charge < -0.3 is 5.11 Å². The van der Waals surface area contributed by atoms with Crippen LogP contribution in [-0.4, -0.2) is 11.1 Å². The van der Waals surface area contributed by atoms with Crippen LogP contribution in [0.3, 0.4) is 0 Å². The van der Waals surface area contributed by atoms with E-state index in [9.17, 15) is 9.90 Å². The molecule has 0 aliphatic carbocycles. The van der Waals surface area contributed by atoms with Crippen molar-refractivity contribution in [1.29, 1.82) is 0 Å². The van der Waals surface area contributed by atoms with E-state index in [1.54, 1.807) is 0 Å². The van der Waals surface area contributed by atoms with Gasteiger partial charge in [0.15, 0.2) is 0 Å². The molecule has 1 atom stereocenters. The second-order valence-corrected chi connectivity index (χ2v) is 4.88. The highest BCUT2D eigenvalue weighted by Gasteiger charge is 2.22. The topological polar surface area (TPSA) is 37.3 Å². The Morgan fingerprint density at radius 1 is 1.00 bits per heavy atom. The third kappa shape index (κ3) is 3.02. The van der Waals surface area contributed by atoms with E-state index >= 15 is 0 Å². The van der Waals surface area contributed by atoms with Gasteiger partial charge in [0.05, 0.1) is 5.92 Å². The molecule has 98 valence electrons. The molecule has 0 heterocycles. The van der Waals surface area contributed by atoms with Gasteiger partial charge in [-0.25, -0.2) is 0 Å². The van der Waals surface area contributed by atoms with Crippen molar-refractivity contribution in [3.05, 3.63) is 70.8 Å². The molecule has 0 fully saturated rings. The van der Waals surface area contributed by atoms with Crippen LogP contribution < -0.4 is 0 Å². The number of carbonyl (C=O) groups is 1. The normalized spacial score (nSPS) is 12.1. The molecule has 2 aromatic rings. The first-order valence-electron chi connectivity index (χ1n) is 6.42. The highest BCUT2D eigenvalue weighted by atomic mass is 16.4. The van der Waals surface area contributed by atoms with Crippen LogP contribution in [-0.2, 0) is 11.2 Å². The van der Waals surface area contributed by atoms with Crippen molar-refractivity contribution < 1.29 is 9.90 Å². The summed E-state index contributed by atoms with van der Waals surface area (Å²) in [5.74, 6) is -1.25. The number of hydrogen-bond acceptors (Lipinski definition) is 1. The maximum Gasteiger partial charge on any atom is 0.311 e. The van der Waals surface area contributed by atoms with Gasteiger partial charge in [-0.05, 0) is 42.5 Å². The highest BCUT2D eigenvalue weighted by molar-refractivity contribution is 5.77. The number of aliphatic carboxylic acids is 1. The maximum atomic E-state index is 11.6. The second kappa shape index (κ2) is 5.70. The van der Waals surface area contributed by atoms with Gasteiger partial charge in [0.25, 0.3) is 0 Å². The monoisotopic (exact) mass is 254 g/mol. The van der Waals surface area contributed by atoms with Gasteiger partial charge in [-0.3, -0.25) is 4.79 Å². The van der Waals surface area contributed by atoms with E-state index in [4.69, 9.17) is 0 Å². The fraction of sp³-hybridized carbons (Fsp3) is 0.235. The smallest absolute Gasteiger partial charge is 0.311 e. The largest absolute Gasteiger partial charge is 0.481 e. The summed E-state index contributed by atoms with van der Waals surface area (Å²) in [6.07, 6.45) is 0.535. The first kappa shape index (κ1) is 13.3. The lowest BCUT2D eigenvalue weighted by atomic mass is 9.88. The minimum absolute atomic E-state index is 0.484. The van der Waals surface area contributed by atoms with Gasteiger partial charge in [-0.15, -0.1) is 0 Å². The summed E-state index contributed by atoms with van der Waals surface area (Å²) in [7, 11) is 0. The average molecular weight is 254 g/mol. The summed E-state index contributed by atoms with van der Waals surface area (Å²) in [4.78, 5) is 11.6. The van der Waals surface area contributed by atoms with Gasteiger partial charge in [-0.2, -0.15) is 0 Å². The number of aryl methyl sites for hydroxylation is 2. The fourth-order valence-corrected chi connectivity index (χ4v) is 2.37. The van der Waals surface area contributed by atoms with Crippen molar-refractivity contribution >= 4 is 5.97 Å². The molecule has 0 spiro atoms. The van der Waals surface area contributed by atoms with E-state index in [1.165, 1.54) is 0 Å². The first-order chi connectivity index (χ1) is 9.09. The van der Waals surface area contributed by atoms with Crippen molar-refractivity contribution in [2.45, 2.75) is 26.2 Å². The van der Waals surface area contributed by atoms with E-state index in [0.717, 1.165) is 22.3 Å². The molecule has 0 amide bonds. The number of benzene rings is 2. The third-order valence-corrected chi connectivity index (χ3v) is 3.55. The van der Waals surface area contributed by atoms with Crippen LogP contribution in [0.15, 0.2) is 48.5 Å². The Kier molecular flexibility index (Phi) is 4.00. The molecule has 0 aromatic heterocycles. The van der Waals surface area contributed by atoms with Crippen LogP contribution in [0.2, 0.25) is 0 Å². The highest BCUT2D eigenvalue weighted by Crippen LogP contribution is 2.25.